The number of aryl methyl sites for hydroxylation is 1. The van der Waals surface area contributed by atoms with Gasteiger partial charge < -0.3 is 4.90 Å². The van der Waals surface area contributed by atoms with Gasteiger partial charge in [-0.2, -0.15) is 0 Å². The van der Waals surface area contributed by atoms with Gasteiger partial charge in [0, 0.05) is 18.0 Å². The minimum atomic E-state index is -0.261. The predicted molar refractivity (Wildman–Crippen MR) is 88.9 cm³/mol. The molecule has 2 aliphatic rings. The summed E-state index contributed by atoms with van der Waals surface area (Å²) in [5.74, 6) is 0.879. The van der Waals surface area contributed by atoms with Crippen molar-refractivity contribution in [3.63, 3.8) is 0 Å². The van der Waals surface area contributed by atoms with Crippen molar-refractivity contribution in [2.75, 3.05) is 23.7 Å². The van der Waals surface area contributed by atoms with Crippen molar-refractivity contribution in [1.82, 2.24) is 0 Å². The van der Waals surface area contributed by atoms with Gasteiger partial charge in [0.15, 0.2) is 0 Å². The predicted octanol–water partition coefficient (Wildman–Crippen LogP) is 3.47. The molecule has 0 aliphatic carbocycles. The Labute approximate surface area is 132 Å². The molecule has 1 amide bonds. The number of carbonyl (C=O) groups excluding carboxylic acids is 1. The molecular weight excluding hydrogens is 307 g/mol. The number of benzene rings is 1. The second kappa shape index (κ2) is 6.40. The smallest absolute Gasteiger partial charge is 0.240 e. The van der Waals surface area contributed by atoms with E-state index in [-0.39, 0.29) is 17.0 Å². The molecule has 3 nitrogen and oxygen atoms in total. The zero-order valence-corrected chi connectivity index (χ0v) is 13.5. The molecule has 1 aromatic carbocycles. The van der Waals surface area contributed by atoms with E-state index in [0.717, 1.165) is 40.8 Å². The number of aliphatic imine (C=N–C) groups is 1. The number of carbonyl (C=O) groups is 1. The molecule has 0 radical (unpaired) electrons. The maximum Gasteiger partial charge on any atom is 0.240 e. The van der Waals surface area contributed by atoms with Crippen molar-refractivity contribution < 1.29 is 9.18 Å². The molecule has 112 valence electrons. The molecule has 0 bridgehead atoms. The lowest BCUT2D eigenvalue weighted by Gasteiger charge is -2.32. The topological polar surface area (TPSA) is 32.7 Å². The lowest BCUT2D eigenvalue weighted by atomic mass is 10.1. The molecule has 1 atom stereocenters. The second-order valence-electron chi connectivity index (χ2n) is 5.17. The van der Waals surface area contributed by atoms with Crippen molar-refractivity contribution >= 4 is 39.5 Å². The summed E-state index contributed by atoms with van der Waals surface area (Å²) < 4.78 is 14.3. The summed E-state index contributed by atoms with van der Waals surface area (Å²) in [4.78, 5) is 18.9. The average molecular weight is 324 g/mol. The molecule has 6 heteroatoms. The van der Waals surface area contributed by atoms with Crippen LogP contribution in [0.4, 0.5) is 10.1 Å². The van der Waals surface area contributed by atoms with Crippen LogP contribution in [-0.2, 0) is 4.79 Å². The summed E-state index contributed by atoms with van der Waals surface area (Å²) in [6, 6.07) is 4.61. The first-order chi connectivity index (χ1) is 10.1. The number of thioether (sulfide) groups is 2. The minimum absolute atomic E-state index is 0.0625. The van der Waals surface area contributed by atoms with Crippen LogP contribution in [0.2, 0.25) is 0 Å². The molecule has 0 N–H and O–H groups in total. The number of nitrogens with zero attached hydrogens (tertiary/aromatic N) is 2. The Balaban J connectivity index is 1.78. The van der Waals surface area contributed by atoms with Crippen LogP contribution in [0.3, 0.4) is 0 Å². The van der Waals surface area contributed by atoms with Gasteiger partial charge in [0.05, 0.1) is 11.8 Å². The zero-order valence-electron chi connectivity index (χ0n) is 11.8. The van der Waals surface area contributed by atoms with E-state index in [0.29, 0.717) is 6.54 Å². The number of anilines is 1. The highest BCUT2D eigenvalue weighted by Gasteiger charge is 2.32. The van der Waals surface area contributed by atoms with Crippen molar-refractivity contribution in [3.05, 3.63) is 29.6 Å². The molecule has 3 rings (SSSR count). The van der Waals surface area contributed by atoms with Gasteiger partial charge in [-0.05, 0) is 43.5 Å². The quantitative estimate of drug-likeness (QED) is 0.835. The van der Waals surface area contributed by atoms with Gasteiger partial charge in [-0.15, -0.1) is 0 Å². The molecule has 0 unspecified atom stereocenters. The molecule has 2 aliphatic heterocycles. The standard InChI is InChI=1S/C15H17FN2OS2/c1-10-9-11(16)4-5-12(10)18-7-2-3-13(14(18)19)21-15-17-6-8-20-15/h4-5,9,13H,2-3,6-8H2,1H3/t13-/m0/s1. The third kappa shape index (κ3) is 3.26. The Hall–Kier alpha value is -1.01. The molecule has 2 heterocycles. The highest BCUT2D eigenvalue weighted by Crippen LogP contribution is 2.34. The second-order valence-corrected chi connectivity index (χ2v) is 7.70. The van der Waals surface area contributed by atoms with Gasteiger partial charge in [0.25, 0.3) is 0 Å². The largest absolute Gasteiger partial charge is 0.311 e. The number of amides is 1. The van der Waals surface area contributed by atoms with Gasteiger partial charge in [-0.3, -0.25) is 9.79 Å². The van der Waals surface area contributed by atoms with E-state index < -0.39 is 0 Å². The number of halogens is 1. The molecule has 1 saturated heterocycles. The zero-order chi connectivity index (χ0) is 14.8. The van der Waals surface area contributed by atoms with Gasteiger partial charge in [-0.1, -0.05) is 23.5 Å². The molecule has 0 saturated carbocycles. The van der Waals surface area contributed by atoms with E-state index in [1.807, 2.05) is 6.92 Å². The monoisotopic (exact) mass is 324 g/mol. The molecule has 0 aromatic heterocycles. The summed E-state index contributed by atoms with van der Waals surface area (Å²) >= 11 is 3.32. The molecule has 0 spiro atoms. The Bertz CT molecular complexity index is 591. The van der Waals surface area contributed by atoms with Crippen LogP contribution >= 0.6 is 23.5 Å². The van der Waals surface area contributed by atoms with Gasteiger partial charge in [0.1, 0.15) is 10.2 Å². The van der Waals surface area contributed by atoms with Gasteiger partial charge in [-0.25, -0.2) is 4.39 Å². The summed E-state index contributed by atoms with van der Waals surface area (Å²) in [5, 5.41) is -0.0625. The SMILES string of the molecule is Cc1cc(F)ccc1N1CCC[C@H](SC2=NCCS2)C1=O. The Kier molecular flexibility index (Phi) is 4.54. The van der Waals surface area contributed by atoms with Crippen LogP contribution in [0.25, 0.3) is 0 Å². The first-order valence-electron chi connectivity index (χ1n) is 7.06. The van der Waals surface area contributed by atoms with Crippen molar-refractivity contribution in [2.45, 2.75) is 25.0 Å². The molecule has 21 heavy (non-hydrogen) atoms. The molecule has 1 aromatic rings. The van der Waals surface area contributed by atoms with Crippen molar-refractivity contribution in [1.29, 1.82) is 0 Å². The summed E-state index contributed by atoms with van der Waals surface area (Å²) in [6.07, 6.45) is 1.86. The lowest BCUT2D eigenvalue weighted by Crippen LogP contribution is -2.43. The molecular formula is C15H17FN2OS2. The number of piperidine rings is 1. The maximum absolute atomic E-state index is 13.2. The Morgan fingerprint density at radius 3 is 3.05 bits per heavy atom. The van der Waals surface area contributed by atoms with E-state index in [9.17, 15) is 9.18 Å². The summed E-state index contributed by atoms with van der Waals surface area (Å²) in [7, 11) is 0. The van der Waals surface area contributed by atoms with Crippen LogP contribution in [0, 0.1) is 12.7 Å². The maximum atomic E-state index is 13.2. The van der Waals surface area contributed by atoms with Crippen LogP contribution in [0.15, 0.2) is 23.2 Å². The minimum Gasteiger partial charge on any atom is -0.311 e. The lowest BCUT2D eigenvalue weighted by molar-refractivity contribution is -0.119. The highest BCUT2D eigenvalue weighted by atomic mass is 32.2. The Morgan fingerprint density at radius 2 is 2.33 bits per heavy atom. The summed E-state index contributed by atoms with van der Waals surface area (Å²) in [5.41, 5.74) is 1.63. The van der Waals surface area contributed by atoms with Crippen LogP contribution in [0.1, 0.15) is 18.4 Å². The van der Waals surface area contributed by atoms with Crippen LogP contribution < -0.4 is 4.90 Å². The van der Waals surface area contributed by atoms with Crippen molar-refractivity contribution in [2.24, 2.45) is 4.99 Å². The van der Waals surface area contributed by atoms with E-state index in [2.05, 4.69) is 4.99 Å². The Morgan fingerprint density at radius 1 is 1.48 bits per heavy atom. The average Bonchev–Trinajstić information content (AvgIpc) is 2.95. The van der Waals surface area contributed by atoms with Crippen LogP contribution in [-0.4, -0.2) is 34.4 Å². The number of hydrogen-bond acceptors (Lipinski definition) is 4. The fraction of sp³-hybridized carbons (Fsp3) is 0.467. The van der Waals surface area contributed by atoms with E-state index in [4.69, 9.17) is 0 Å². The van der Waals surface area contributed by atoms with Crippen LogP contribution in [0.5, 0.6) is 0 Å². The fourth-order valence-electron chi connectivity index (χ4n) is 2.62. The fourth-order valence-corrected chi connectivity index (χ4v) is 4.95. The first-order valence-corrected chi connectivity index (χ1v) is 8.93. The van der Waals surface area contributed by atoms with Gasteiger partial charge >= 0.3 is 0 Å². The normalized spacial score (nSPS) is 22.6. The summed E-state index contributed by atoms with van der Waals surface area (Å²) in [6.45, 7) is 3.41. The van der Waals surface area contributed by atoms with E-state index >= 15 is 0 Å². The van der Waals surface area contributed by atoms with Gasteiger partial charge in [0.2, 0.25) is 5.91 Å². The highest BCUT2D eigenvalue weighted by molar-refractivity contribution is 8.39. The van der Waals surface area contributed by atoms with E-state index in [1.54, 1.807) is 34.5 Å². The van der Waals surface area contributed by atoms with Crippen molar-refractivity contribution in [3.8, 4) is 0 Å². The first kappa shape index (κ1) is 14.9. The third-order valence-corrected chi connectivity index (χ3v) is 6.10. The number of hydrogen-bond donors (Lipinski definition) is 0. The molecule has 1 fully saturated rings. The number of rotatable bonds is 2. The van der Waals surface area contributed by atoms with E-state index in [1.165, 1.54) is 12.1 Å². The third-order valence-electron chi connectivity index (χ3n) is 3.64.